The van der Waals surface area contributed by atoms with E-state index in [1.165, 1.54) is 11.3 Å². The SMILES string of the molecule is Cc1ccsc1C(=O)NNC(=O)CCC(=O)O. The number of hydrazine groups is 1. The molecule has 0 aromatic carbocycles. The van der Waals surface area contributed by atoms with Crippen molar-refractivity contribution in [2.24, 2.45) is 0 Å². The van der Waals surface area contributed by atoms with Crippen molar-refractivity contribution in [3.63, 3.8) is 0 Å². The first kappa shape index (κ1) is 13.2. The van der Waals surface area contributed by atoms with Crippen LogP contribution in [0.15, 0.2) is 11.4 Å². The Morgan fingerprint density at radius 2 is 2.00 bits per heavy atom. The molecule has 3 N–H and O–H groups in total. The molecule has 0 aliphatic heterocycles. The number of hydrogen-bond acceptors (Lipinski definition) is 4. The van der Waals surface area contributed by atoms with E-state index in [-0.39, 0.29) is 12.8 Å². The summed E-state index contributed by atoms with van der Waals surface area (Å²) in [5.74, 6) is -1.99. The lowest BCUT2D eigenvalue weighted by Gasteiger charge is -2.05. The van der Waals surface area contributed by atoms with Gasteiger partial charge in [0.25, 0.3) is 5.91 Å². The van der Waals surface area contributed by atoms with Crippen molar-refractivity contribution in [1.82, 2.24) is 10.9 Å². The summed E-state index contributed by atoms with van der Waals surface area (Å²) in [4.78, 5) is 33.4. The molecule has 0 saturated heterocycles. The van der Waals surface area contributed by atoms with Gasteiger partial charge < -0.3 is 5.11 Å². The maximum Gasteiger partial charge on any atom is 0.303 e. The van der Waals surface area contributed by atoms with Crippen LogP contribution in [0.5, 0.6) is 0 Å². The molecule has 1 aromatic rings. The molecule has 1 aromatic heterocycles. The maximum atomic E-state index is 11.5. The number of aliphatic carboxylic acids is 1. The number of carboxylic acid groups (broad SMARTS) is 1. The number of carbonyl (C=O) groups is 3. The molecule has 0 spiro atoms. The second-order valence-corrected chi connectivity index (χ2v) is 4.24. The smallest absolute Gasteiger partial charge is 0.303 e. The largest absolute Gasteiger partial charge is 0.481 e. The zero-order chi connectivity index (χ0) is 12.8. The fourth-order valence-corrected chi connectivity index (χ4v) is 1.89. The number of carbonyl (C=O) groups excluding carboxylic acids is 2. The highest BCUT2D eigenvalue weighted by molar-refractivity contribution is 7.12. The summed E-state index contributed by atoms with van der Waals surface area (Å²) in [6.07, 6.45) is -0.432. The fraction of sp³-hybridized carbons (Fsp3) is 0.300. The Balaban J connectivity index is 2.36. The third-order valence-electron chi connectivity index (χ3n) is 1.95. The van der Waals surface area contributed by atoms with Gasteiger partial charge in [-0.05, 0) is 23.9 Å². The lowest BCUT2D eigenvalue weighted by molar-refractivity contribution is -0.138. The van der Waals surface area contributed by atoms with Crippen molar-refractivity contribution >= 4 is 29.1 Å². The Morgan fingerprint density at radius 1 is 1.29 bits per heavy atom. The van der Waals surface area contributed by atoms with Gasteiger partial charge in [0.05, 0.1) is 11.3 Å². The van der Waals surface area contributed by atoms with Crippen LogP contribution in [0.4, 0.5) is 0 Å². The molecule has 0 saturated carbocycles. The maximum absolute atomic E-state index is 11.5. The molecular formula is C10H12N2O4S. The second kappa shape index (κ2) is 6.00. The van der Waals surface area contributed by atoms with Crippen LogP contribution in [0.1, 0.15) is 28.1 Å². The number of rotatable bonds is 4. The molecule has 6 nitrogen and oxygen atoms in total. The summed E-state index contributed by atoms with van der Waals surface area (Å²) in [6, 6.07) is 1.80. The van der Waals surface area contributed by atoms with E-state index in [9.17, 15) is 14.4 Å². The van der Waals surface area contributed by atoms with Gasteiger partial charge >= 0.3 is 5.97 Å². The molecule has 17 heavy (non-hydrogen) atoms. The van der Waals surface area contributed by atoms with Crippen molar-refractivity contribution in [3.05, 3.63) is 21.9 Å². The van der Waals surface area contributed by atoms with E-state index in [0.29, 0.717) is 4.88 Å². The number of hydrogen-bond donors (Lipinski definition) is 3. The number of amides is 2. The molecule has 0 aliphatic carbocycles. The molecule has 7 heteroatoms. The summed E-state index contributed by atoms with van der Waals surface area (Å²) in [6.45, 7) is 1.79. The lowest BCUT2D eigenvalue weighted by Crippen LogP contribution is -2.41. The molecule has 0 bridgehead atoms. The van der Waals surface area contributed by atoms with Gasteiger partial charge in [0.15, 0.2) is 0 Å². The minimum absolute atomic E-state index is 0.168. The van der Waals surface area contributed by atoms with Gasteiger partial charge in [-0.3, -0.25) is 25.2 Å². The highest BCUT2D eigenvalue weighted by atomic mass is 32.1. The molecule has 1 rings (SSSR count). The third-order valence-corrected chi connectivity index (χ3v) is 2.96. The minimum Gasteiger partial charge on any atom is -0.481 e. The van der Waals surface area contributed by atoms with E-state index in [2.05, 4.69) is 10.9 Å². The highest BCUT2D eigenvalue weighted by Crippen LogP contribution is 2.14. The predicted octanol–water partition coefficient (Wildman–Crippen LogP) is 0.682. The van der Waals surface area contributed by atoms with Gasteiger partial charge in [-0.15, -0.1) is 11.3 Å². The van der Waals surface area contributed by atoms with Gasteiger partial charge in [0, 0.05) is 6.42 Å². The van der Waals surface area contributed by atoms with E-state index in [0.717, 1.165) is 5.56 Å². The van der Waals surface area contributed by atoms with Gasteiger partial charge in [0.1, 0.15) is 0 Å². The average molecular weight is 256 g/mol. The Hall–Kier alpha value is -1.89. The van der Waals surface area contributed by atoms with Gasteiger partial charge in [0.2, 0.25) is 5.91 Å². The molecule has 92 valence electrons. The molecule has 1 heterocycles. The monoisotopic (exact) mass is 256 g/mol. The van der Waals surface area contributed by atoms with Crippen LogP contribution < -0.4 is 10.9 Å². The highest BCUT2D eigenvalue weighted by Gasteiger charge is 2.11. The normalized spacial score (nSPS) is 9.71. The van der Waals surface area contributed by atoms with Gasteiger partial charge in [-0.2, -0.15) is 0 Å². The number of thiophene rings is 1. The quantitative estimate of drug-likeness (QED) is 0.690. The zero-order valence-electron chi connectivity index (χ0n) is 9.15. The average Bonchev–Trinajstić information content (AvgIpc) is 2.69. The fourth-order valence-electron chi connectivity index (χ4n) is 1.07. The van der Waals surface area contributed by atoms with Crippen molar-refractivity contribution in [1.29, 1.82) is 0 Å². The van der Waals surface area contributed by atoms with Crippen LogP contribution in [0.25, 0.3) is 0 Å². The van der Waals surface area contributed by atoms with Crippen molar-refractivity contribution in [2.75, 3.05) is 0 Å². The summed E-state index contributed by atoms with van der Waals surface area (Å²) in [5.41, 5.74) is 5.21. The van der Waals surface area contributed by atoms with Crippen molar-refractivity contribution < 1.29 is 19.5 Å². The van der Waals surface area contributed by atoms with Crippen molar-refractivity contribution in [3.8, 4) is 0 Å². The standard InChI is InChI=1S/C10H12N2O4S/c1-6-4-5-17-9(6)10(16)12-11-7(13)2-3-8(14)15/h4-5H,2-3H2,1H3,(H,11,13)(H,12,16)(H,14,15). The molecule has 2 amide bonds. The van der Waals surface area contributed by atoms with Crippen LogP contribution in [0.2, 0.25) is 0 Å². The summed E-state index contributed by atoms with van der Waals surface area (Å²) in [7, 11) is 0. The van der Waals surface area contributed by atoms with Gasteiger partial charge in [-0.1, -0.05) is 0 Å². The Bertz CT molecular complexity index is 441. The Labute approximate surface area is 102 Å². The number of nitrogens with one attached hydrogen (secondary N) is 2. The van der Waals surface area contributed by atoms with Crippen LogP contribution in [0, 0.1) is 6.92 Å². The molecule has 0 fully saturated rings. The third kappa shape index (κ3) is 4.23. The van der Waals surface area contributed by atoms with Gasteiger partial charge in [-0.25, -0.2) is 0 Å². The van der Waals surface area contributed by atoms with Crippen LogP contribution in [0.3, 0.4) is 0 Å². The van der Waals surface area contributed by atoms with E-state index >= 15 is 0 Å². The number of carboxylic acids is 1. The zero-order valence-corrected chi connectivity index (χ0v) is 9.97. The first-order valence-electron chi connectivity index (χ1n) is 4.85. The summed E-state index contributed by atoms with van der Waals surface area (Å²) < 4.78 is 0. The Kier molecular flexibility index (Phi) is 4.65. The second-order valence-electron chi connectivity index (χ2n) is 3.33. The van der Waals surface area contributed by atoms with Crippen LogP contribution in [-0.4, -0.2) is 22.9 Å². The van der Waals surface area contributed by atoms with Crippen LogP contribution >= 0.6 is 11.3 Å². The molecule has 0 radical (unpaired) electrons. The molecule has 0 unspecified atom stereocenters. The molecular weight excluding hydrogens is 244 g/mol. The lowest BCUT2D eigenvalue weighted by atomic mass is 10.3. The summed E-state index contributed by atoms with van der Waals surface area (Å²) >= 11 is 1.27. The first-order valence-corrected chi connectivity index (χ1v) is 5.73. The Morgan fingerprint density at radius 3 is 2.53 bits per heavy atom. The summed E-state index contributed by atoms with van der Waals surface area (Å²) in [5, 5.41) is 10.1. The molecule has 0 atom stereocenters. The molecule has 0 aliphatic rings. The van der Waals surface area contributed by atoms with E-state index < -0.39 is 17.8 Å². The van der Waals surface area contributed by atoms with E-state index in [4.69, 9.17) is 5.11 Å². The predicted molar refractivity (Wildman–Crippen MR) is 61.5 cm³/mol. The minimum atomic E-state index is -1.06. The number of aryl methyl sites for hydroxylation is 1. The topological polar surface area (TPSA) is 95.5 Å². The van der Waals surface area contributed by atoms with Crippen LogP contribution in [-0.2, 0) is 9.59 Å². The van der Waals surface area contributed by atoms with E-state index in [1.807, 2.05) is 0 Å². The van der Waals surface area contributed by atoms with E-state index in [1.54, 1.807) is 18.4 Å². The van der Waals surface area contributed by atoms with Crippen molar-refractivity contribution in [2.45, 2.75) is 19.8 Å². The first-order chi connectivity index (χ1) is 8.00.